The molecule has 0 unspecified atom stereocenters. The van der Waals surface area contributed by atoms with Gasteiger partial charge in [-0.15, -0.1) is 5.10 Å². The number of aliphatic imine (C=N–C) groups is 1. The smallest absolute Gasteiger partial charge is 0.309 e. The number of amidine groups is 1. The molecule has 8 nitrogen and oxygen atoms in total. The van der Waals surface area contributed by atoms with Crippen molar-refractivity contribution in [3.8, 4) is 23.3 Å². The van der Waals surface area contributed by atoms with Gasteiger partial charge in [-0.2, -0.15) is 10.3 Å². The second kappa shape index (κ2) is 7.02. The predicted molar refractivity (Wildman–Crippen MR) is 87.1 cm³/mol. The first-order chi connectivity index (χ1) is 11.8. The van der Waals surface area contributed by atoms with Crippen molar-refractivity contribution in [2.45, 2.75) is 0 Å². The third kappa shape index (κ3) is 3.53. The average Bonchev–Trinajstić information content (AvgIpc) is 3.03. The fourth-order valence-corrected chi connectivity index (χ4v) is 2.00. The topological polar surface area (TPSA) is 101 Å². The van der Waals surface area contributed by atoms with E-state index < -0.39 is 0 Å². The highest BCUT2D eigenvalue weighted by Gasteiger charge is 2.06. The van der Waals surface area contributed by atoms with Crippen LogP contribution in [0.2, 0.25) is 0 Å². The number of para-hydroxylation sites is 1. The number of tetrazole rings is 1. The van der Waals surface area contributed by atoms with Crippen LogP contribution in [-0.4, -0.2) is 26.2 Å². The van der Waals surface area contributed by atoms with Gasteiger partial charge in [-0.1, -0.05) is 18.2 Å². The molecule has 8 heteroatoms. The van der Waals surface area contributed by atoms with Crippen LogP contribution >= 0.6 is 0 Å². The monoisotopic (exact) mass is 319 g/mol. The van der Waals surface area contributed by atoms with Crippen molar-refractivity contribution in [1.82, 2.24) is 25.5 Å². The number of aromatic nitrogens is 4. The first-order valence-electron chi connectivity index (χ1n) is 7.06. The van der Waals surface area contributed by atoms with E-state index >= 15 is 0 Å². The van der Waals surface area contributed by atoms with Gasteiger partial charge in [0.1, 0.15) is 5.75 Å². The van der Waals surface area contributed by atoms with Gasteiger partial charge >= 0.3 is 6.02 Å². The molecule has 3 aromatic rings. The molecule has 1 N–H and O–H groups in total. The molecule has 1 heterocycles. The Balaban J connectivity index is 1.82. The van der Waals surface area contributed by atoms with Gasteiger partial charge in [0.15, 0.2) is 12.0 Å². The molecule has 1 aromatic heterocycles. The Morgan fingerprint density at radius 2 is 1.92 bits per heavy atom. The van der Waals surface area contributed by atoms with Crippen LogP contribution in [0.1, 0.15) is 0 Å². The summed E-state index contributed by atoms with van der Waals surface area (Å²) in [6.07, 6.45) is 1.81. The number of aryl methyl sites for hydroxylation is 1. The minimum atomic E-state index is 0.0942. The first kappa shape index (κ1) is 15.2. The summed E-state index contributed by atoms with van der Waals surface area (Å²) >= 11 is 0. The van der Waals surface area contributed by atoms with Crippen molar-refractivity contribution in [3.05, 3.63) is 54.6 Å². The molecule has 118 valence electrons. The largest absolute Gasteiger partial charge is 0.425 e. The lowest BCUT2D eigenvalue weighted by Gasteiger charge is -2.06. The summed E-state index contributed by atoms with van der Waals surface area (Å²) in [4.78, 5) is 4.29. The van der Waals surface area contributed by atoms with Gasteiger partial charge in [0.2, 0.25) is 0 Å². The van der Waals surface area contributed by atoms with Crippen LogP contribution < -0.4 is 10.1 Å². The maximum atomic E-state index is 8.85. The molecule has 0 aliphatic rings. The number of nitrogens with one attached hydrogen (secondary N) is 1. The second-order valence-electron chi connectivity index (χ2n) is 4.74. The molecule has 0 fully saturated rings. The molecule has 0 aliphatic carbocycles. The molecule has 2 aromatic carbocycles. The molecule has 24 heavy (non-hydrogen) atoms. The number of benzene rings is 2. The summed E-state index contributed by atoms with van der Waals surface area (Å²) in [7, 11) is 1.77. The van der Waals surface area contributed by atoms with Gasteiger partial charge in [0.05, 0.1) is 5.69 Å². The van der Waals surface area contributed by atoms with E-state index in [1.165, 1.54) is 0 Å². The molecule has 0 atom stereocenters. The summed E-state index contributed by atoms with van der Waals surface area (Å²) in [5.41, 5.74) is 1.49. The van der Waals surface area contributed by atoms with Gasteiger partial charge in [0.25, 0.3) is 0 Å². The van der Waals surface area contributed by atoms with Crippen molar-refractivity contribution in [1.29, 1.82) is 5.26 Å². The van der Waals surface area contributed by atoms with E-state index in [0.29, 0.717) is 17.3 Å². The van der Waals surface area contributed by atoms with Crippen LogP contribution in [0.5, 0.6) is 5.75 Å². The summed E-state index contributed by atoms with van der Waals surface area (Å²) in [5, 5.41) is 22.6. The zero-order chi connectivity index (χ0) is 16.8. The van der Waals surface area contributed by atoms with Gasteiger partial charge in [-0.25, -0.2) is 10.00 Å². The fraction of sp³-hybridized carbons (Fsp3) is 0.0625. The van der Waals surface area contributed by atoms with Gasteiger partial charge in [-0.05, 0) is 46.8 Å². The van der Waals surface area contributed by atoms with Crippen LogP contribution in [0.15, 0.2) is 59.6 Å². The van der Waals surface area contributed by atoms with Gasteiger partial charge < -0.3 is 4.74 Å². The Morgan fingerprint density at radius 1 is 1.17 bits per heavy atom. The second-order valence-corrected chi connectivity index (χ2v) is 4.74. The third-order valence-corrected chi connectivity index (χ3v) is 3.10. The van der Waals surface area contributed by atoms with E-state index in [2.05, 4.69) is 25.8 Å². The van der Waals surface area contributed by atoms with Crippen LogP contribution in [0.25, 0.3) is 11.4 Å². The van der Waals surface area contributed by atoms with Crippen LogP contribution in [0.3, 0.4) is 0 Å². The van der Waals surface area contributed by atoms with Crippen LogP contribution in [0.4, 0.5) is 5.69 Å². The highest BCUT2D eigenvalue weighted by Crippen LogP contribution is 2.20. The van der Waals surface area contributed by atoms with E-state index in [1.54, 1.807) is 36.0 Å². The van der Waals surface area contributed by atoms with Crippen molar-refractivity contribution < 1.29 is 4.74 Å². The number of nitrogens with zero attached hydrogens (tertiary/aromatic N) is 6. The van der Waals surface area contributed by atoms with Crippen LogP contribution in [-0.2, 0) is 7.05 Å². The Kier molecular flexibility index (Phi) is 4.44. The minimum Gasteiger partial charge on any atom is -0.425 e. The maximum absolute atomic E-state index is 8.85. The molecule has 0 bridgehead atoms. The van der Waals surface area contributed by atoms with Crippen molar-refractivity contribution in [2.75, 3.05) is 0 Å². The third-order valence-electron chi connectivity index (χ3n) is 3.10. The van der Waals surface area contributed by atoms with Crippen LogP contribution in [0, 0.1) is 11.5 Å². The molecule has 0 aliphatic heterocycles. The predicted octanol–water partition coefficient (Wildman–Crippen LogP) is 2.01. The van der Waals surface area contributed by atoms with Crippen molar-refractivity contribution in [2.24, 2.45) is 12.0 Å². The Bertz CT molecular complexity index is 879. The highest BCUT2D eigenvalue weighted by molar-refractivity contribution is 5.80. The quantitative estimate of drug-likeness (QED) is 0.343. The Hall–Kier alpha value is -3.73. The molecular formula is C16H13N7O. The SMILES string of the molecule is Cn1nnnc1-c1ccc(N=C(NC#N)Oc2ccccc2)cc1. The fourth-order valence-electron chi connectivity index (χ4n) is 2.00. The van der Waals surface area contributed by atoms with Crippen molar-refractivity contribution >= 4 is 11.7 Å². The van der Waals surface area contributed by atoms with E-state index in [1.807, 2.05) is 36.5 Å². The van der Waals surface area contributed by atoms with Gasteiger partial charge in [-0.3, -0.25) is 0 Å². The number of hydrogen-bond donors (Lipinski definition) is 1. The zero-order valence-electron chi connectivity index (χ0n) is 12.8. The number of ether oxygens (including phenoxy) is 1. The molecule has 0 spiro atoms. The summed E-state index contributed by atoms with van der Waals surface area (Å²) in [6.45, 7) is 0. The highest BCUT2D eigenvalue weighted by atomic mass is 16.5. The summed E-state index contributed by atoms with van der Waals surface area (Å²) < 4.78 is 7.14. The number of nitriles is 1. The summed E-state index contributed by atoms with van der Waals surface area (Å²) in [5.74, 6) is 1.24. The van der Waals surface area contributed by atoms with E-state index in [9.17, 15) is 0 Å². The Morgan fingerprint density at radius 3 is 2.54 bits per heavy atom. The number of hydrogen-bond acceptors (Lipinski definition) is 6. The lowest BCUT2D eigenvalue weighted by Crippen LogP contribution is -2.23. The summed E-state index contributed by atoms with van der Waals surface area (Å²) in [6, 6.07) is 16.5. The molecule has 3 rings (SSSR count). The first-order valence-corrected chi connectivity index (χ1v) is 7.06. The normalized spacial score (nSPS) is 10.9. The lowest BCUT2D eigenvalue weighted by atomic mass is 10.2. The van der Waals surface area contributed by atoms with E-state index in [-0.39, 0.29) is 6.02 Å². The van der Waals surface area contributed by atoms with Gasteiger partial charge in [0, 0.05) is 12.6 Å². The number of rotatable bonds is 3. The zero-order valence-corrected chi connectivity index (χ0v) is 12.8. The minimum absolute atomic E-state index is 0.0942. The molecule has 0 radical (unpaired) electrons. The molecule has 0 saturated heterocycles. The lowest BCUT2D eigenvalue weighted by molar-refractivity contribution is 0.531. The molecular weight excluding hydrogens is 306 g/mol. The molecule has 0 amide bonds. The molecule has 0 saturated carbocycles. The van der Waals surface area contributed by atoms with Crippen molar-refractivity contribution in [3.63, 3.8) is 0 Å². The van der Waals surface area contributed by atoms with E-state index in [0.717, 1.165) is 5.56 Å². The standard InChI is InChI=1S/C16H13N7O/c1-23-15(20-21-22-23)12-7-9-13(10-8-12)19-16(18-11-17)24-14-5-3-2-4-6-14/h2-10H,1H3,(H,18,19). The maximum Gasteiger partial charge on any atom is 0.309 e. The van der Waals surface area contributed by atoms with E-state index in [4.69, 9.17) is 10.00 Å². The average molecular weight is 319 g/mol. The Labute approximate surface area is 138 Å².